The highest BCUT2D eigenvalue weighted by atomic mass is 16.5. The monoisotopic (exact) mass is 255 g/mol. The van der Waals surface area contributed by atoms with Crippen molar-refractivity contribution in [3.63, 3.8) is 0 Å². The Kier molecular flexibility index (Phi) is 4.99. The fourth-order valence-corrected chi connectivity index (χ4v) is 2.00. The molecular weight excluding hydrogens is 234 g/mol. The Balaban J connectivity index is 1.90. The van der Waals surface area contributed by atoms with E-state index in [-0.39, 0.29) is 0 Å². The molecule has 0 aliphatic carbocycles. The van der Waals surface area contributed by atoms with E-state index in [1.165, 1.54) is 11.1 Å². The molecule has 0 spiro atoms. The van der Waals surface area contributed by atoms with Gasteiger partial charge in [0, 0.05) is 12.6 Å². The first-order valence-electron chi connectivity index (χ1n) is 6.79. The number of benzene rings is 2. The molecule has 2 nitrogen and oxygen atoms in total. The molecule has 1 N–H and O–H groups in total. The topological polar surface area (TPSA) is 21.3 Å². The summed E-state index contributed by atoms with van der Waals surface area (Å²) < 4.78 is 5.45. The molecule has 1 unspecified atom stereocenters. The van der Waals surface area contributed by atoms with Crippen LogP contribution in [0, 0.1) is 0 Å². The average Bonchev–Trinajstić information content (AvgIpc) is 2.47. The number of hydrogen-bond acceptors (Lipinski definition) is 2. The zero-order valence-electron chi connectivity index (χ0n) is 11.6. The fourth-order valence-electron chi connectivity index (χ4n) is 2.00. The van der Waals surface area contributed by atoms with E-state index >= 15 is 0 Å². The maximum atomic E-state index is 5.45. The maximum absolute atomic E-state index is 5.45. The van der Waals surface area contributed by atoms with Gasteiger partial charge in [-0.2, -0.15) is 0 Å². The molecule has 0 aromatic heterocycles. The minimum absolute atomic E-state index is 0.330. The van der Waals surface area contributed by atoms with Gasteiger partial charge < -0.3 is 10.1 Å². The van der Waals surface area contributed by atoms with E-state index in [1.807, 2.05) is 25.1 Å². The van der Waals surface area contributed by atoms with Crippen molar-refractivity contribution in [1.82, 2.24) is 5.32 Å². The van der Waals surface area contributed by atoms with Gasteiger partial charge in [-0.05, 0) is 37.1 Å². The lowest BCUT2D eigenvalue weighted by Gasteiger charge is -2.15. The second-order valence-corrected chi connectivity index (χ2v) is 4.59. The lowest BCUT2D eigenvalue weighted by atomic mass is 10.1. The highest BCUT2D eigenvalue weighted by molar-refractivity contribution is 5.29. The Morgan fingerprint density at radius 1 is 1.00 bits per heavy atom. The van der Waals surface area contributed by atoms with Crippen molar-refractivity contribution in [2.24, 2.45) is 0 Å². The van der Waals surface area contributed by atoms with Crippen molar-refractivity contribution < 1.29 is 4.74 Å². The van der Waals surface area contributed by atoms with Gasteiger partial charge in [-0.25, -0.2) is 0 Å². The summed E-state index contributed by atoms with van der Waals surface area (Å²) in [4.78, 5) is 0. The van der Waals surface area contributed by atoms with E-state index in [0.717, 1.165) is 12.3 Å². The fraction of sp³-hybridized carbons (Fsp3) is 0.294. The van der Waals surface area contributed by atoms with Gasteiger partial charge in [0.25, 0.3) is 0 Å². The molecule has 0 aliphatic heterocycles. The lowest BCUT2D eigenvalue weighted by Crippen LogP contribution is -2.17. The zero-order valence-corrected chi connectivity index (χ0v) is 11.6. The normalized spacial score (nSPS) is 12.1. The van der Waals surface area contributed by atoms with Crippen molar-refractivity contribution in [3.8, 4) is 5.75 Å². The molecule has 0 aliphatic rings. The average molecular weight is 255 g/mol. The van der Waals surface area contributed by atoms with Crippen LogP contribution in [0.2, 0.25) is 0 Å². The van der Waals surface area contributed by atoms with Gasteiger partial charge in [0.2, 0.25) is 0 Å². The summed E-state index contributed by atoms with van der Waals surface area (Å²) in [6.45, 7) is 5.77. The smallest absolute Gasteiger partial charge is 0.119 e. The second kappa shape index (κ2) is 6.95. The molecule has 0 amide bonds. The Morgan fingerprint density at radius 2 is 1.68 bits per heavy atom. The SMILES string of the molecule is CCOc1ccc(C(C)NCc2ccccc2)cc1. The minimum Gasteiger partial charge on any atom is -0.494 e. The molecule has 2 rings (SSSR count). The quantitative estimate of drug-likeness (QED) is 0.844. The van der Waals surface area contributed by atoms with Gasteiger partial charge in [0.05, 0.1) is 6.61 Å². The first-order valence-corrected chi connectivity index (χ1v) is 6.79. The summed E-state index contributed by atoms with van der Waals surface area (Å²) in [5.41, 5.74) is 2.58. The molecule has 1 atom stereocenters. The van der Waals surface area contributed by atoms with E-state index in [0.29, 0.717) is 12.6 Å². The predicted molar refractivity (Wildman–Crippen MR) is 79.3 cm³/mol. The van der Waals surface area contributed by atoms with Gasteiger partial charge in [-0.1, -0.05) is 42.5 Å². The van der Waals surface area contributed by atoms with E-state index < -0.39 is 0 Å². The van der Waals surface area contributed by atoms with Crippen molar-refractivity contribution in [2.75, 3.05) is 6.61 Å². The molecule has 0 fully saturated rings. The molecule has 0 radical (unpaired) electrons. The van der Waals surface area contributed by atoms with Crippen LogP contribution in [0.4, 0.5) is 0 Å². The number of ether oxygens (including phenoxy) is 1. The van der Waals surface area contributed by atoms with E-state index in [9.17, 15) is 0 Å². The summed E-state index contributed by atoms with van der Waals surface area (Å²) in [5, 5.41) is 3.53. The van der Waals surface area contributed by atoms with E-state index in [4.69, 9.17) is 4.74 Å². The van der Waals surface area contributed by atoms with Crippen LogP contribution in [-0.2, 0) is 6.54 Å². The van der Waals surface area contributed by atoms with Gasteiger partial charge in [0.1, 0.15) is 5.75 Å². The molecule has 2 heteroatoms. The van der Waals surface area contributed by atoms with Crippen LogP contribution in [0.15, 0.2) is 54.6 Å². The first-order chi connectivity index (χ1) is 9.29. The summed E-state index contributed by atoms with van der Waals surface area (Å²) in [5.74, 6) is 0.932. The van der Waals surface area contributed by atoms with Gasteiger partial charge >= 0.3 is 0 Å². The van der Waals surface area contributed by atoms with Gasteiger partial charge in [0.15, 0.2) is 0 Å². The van der Waals surface area contributed by atoms with Crippen molar-refractivity contribution in [2.45, 2.75) is 26.4 Å². The molecule has 2 aromatic rings. The highest BCUT2D eigenvalue weighted by Crippen LogP contribution is 2.18. The van der Waals surface area contributed by atoms with Crippen LogP contribution < -0.4 is 10.1 Å². The summed E-state index contributed by atoms with van der Waals surface area (Å²) in [7, 11) is 0. The van der Waals surface area contributed by atoms with Crippen molar-refractivity contribution in [3.05, 3.63) is 65.7 Å². The molecule has 0 saturated heterocycles. The third-order valence-electron chi connectivity index (χ3n) is 3.15. The Labute approximate surface area is 115 Å². The van der Waals surface area contributed by atoms with Gasteiger partial charge in [-0.15, -0.1) is 0 Å². The van der Waals surface area contributed by atoms with E-state index in [1.54, 1.807) is 0 Å². The van der Waals surface area contributed by atoms with Gasteiger partial charge in [-0.3, -0.25) is 0 Å². The molecule has 0 saturated carbocycles. The molecule has 100 valence electrons. The Morgan fingerprint density at radius 3 is 2.32 bits per heavy atom. The Bertz CT molecular complexity index is 478. The van der Waals surface area contributed by atoms with Crippen molar-refractivity contribution >= 4 is 0 Å². The molecule has 19 heavy (non-hydrogen) atoms. The first kappa shape index (κ1) is 13.6. The van der Waals surface area contributed by atoms with Crippen LogP contribution in [0.25, 0.3) is 0 Å². The number of nitrogens with one attached hydrogen (secondary N) is 1. The standard InChI is InChI=1S/C17H21NO/c1-3-19-17-11-9-16(10-12-17)14(2)18-13-15-7-5-4-6-8-15/h4-12,14,18H,3,13H2,1-2H3. The molecule has 0 bridgehead atoms. The summed E-state index contributed by atoms with van der Waals surface area (Å²) in [6, 6.07) is 19.1. The number of rotatable bonds is 6. The largest absolute Gasteiger partial charge is 0.494 e. The third kappa shape index (κ3) is 4.11. The predicted octanol–water partition coefficient (Wildman–Crippen LogP) is 3.94. The summed E-state index contributed by atoms with van der Waals surface area (Å²) in [6.07, 6.45) is 0. The van der Waals surface area contributed by atoms with Crippen LogP contribution in [0.1, 0.15) is 31.0 Å². The maximum Gasteiger partial charge on any atom is 0.119 e. The second-order valence-electron chi connectivity index (χ2n) is 4.59. The third-order valence-corrected chi connectivity index (χ3v) is 3.15. The minimum atomic E-state index is 0.330. The molecular formula is C17H21NO. The lowest BCUT2D eigenvalue weighted by molar-refractivity contribution is 0.340. The number of hydrogen-bond donors (Lipinski definition) is 1. The van der Waals surface area contributed by atoms with Crippen molar-refractivity contribution in [1.29, 1.82) is 0 Å². The summed E-state index contributed by atoms with van der Waals surface area (Å²) >= 11 is 0. The molecule has 2 aromatic carbocycles. The van der Waals surface area contributed by atoms with E-state index in [2.05, 4.69) is 48.6 Å². The van der Waals surface area contributed by atoms with Crippen LogP contribution in [0.3, 0.4) is 0 Å². The highest BCUT2D eigenvalue weighted by Gasteiger charge is 2.04. The van der Waals surface area contributed by atoms with Crippen LogP contribution in [0.5, 0.6) is 5.75 Å². The Hall–Kier alpha value is -1.80. The van der Waals surface area contributed by atoms with Crippen LogP contribution in [-0.4, -0.2) is 6.61 Å². The van der Waals surface area contributed by atoms with Crippen LogP contribution >= 0.6 is 0 Å². The zero-order chi connectivity index (χ0) is 13.5. The molecule has 0 heterocycles.